The summed E-state index contributed by atoms with van der Waals surface area (Å²) in [4.78, 5) is 12.0. The second-order valence-corrected chi connectivity index (χ2v) is 4.58. The first-order valence-electron chi connectivity index (χ1n) is 5.30. The molecule has 0 saturated heterocycles. The zero-order valence-electron chi connectivity index (χ0n) is 9.29. The highest BCUT2D eigenvalue weighted by Crippen LogP contribution is 2.26. The van der Waals surface area contributed by atoms with Crippen molar-refractivity contribution in [1.29, 1.82) is 0 Å². The molecule has 0 heterocycles. The number of rotatable bonds is 3. The van der Waals surface area contributed by atoms with Gasteiger partial charge in [-0.1, -0.05) is 47.5 Å². The molecule has 2 aromatic rings. The molecule has 2 rings (SSSR count). The minimum absolute atomic E-state index is 0.0350. The second-order valence-electron chi connectivity index (χ2n) is 3.79. The van der Waals surface area contributed by atoms with Gasteiger partial charge in [-0.25, -0.2) is 4.39 Å². The van der Waals surface area contributed by atoms with Crippen LogP contribution in [0.2, 0.25) is 10.0 Å². The van der Waals surface area contributed by atoms with E-state index >= 15 is 0 Å². The predicted molar refractivity (Wildman–Crippen MR) is 70.9 cm³/mol. The molecule has 92 valence electrons. The minimum atomic E-state index is -0.399. The molecule has 0 atom stereocenters. The first-order valence-corrected chi connectivity index (χ1v) is 6.06. The summed E-state index contributed by atoms with van der Waals surface area (Å²) in [7, 11) is 0. The average molecular weight is 283 g/mol. The number of hydrogen-bond acceptors (Lipinski definition) is 1. The standard InChI is InChI=1S/C14H9Cl2FO/c15-11-6-3-5-10(14(11)16)13(18)8-9-4-1-2-7-12(9)17/h1-7H,8H2. The first kappa shape index (κ1) is 13.1. The van der Waals surface area contributed by atoms with Gasteiger partial charge in [0.25, 0.3) is 0 Å². The van der Waals surface area contributed by atoms with Crippen molar-refractivity contribution < 1.29 is 9.18 Å². The normalized spacial score (nSPS) is 10.4. The van der Waals surface area contributed by atoms with Gasteiger partial charge in [-0.05, 0) is 23.8 Å². The van der Waals surface area contributed by atoms with Gasteiger partial charge in [-0.3, -0.25) is 4.79 Å². The fourth-order valence-electron chi connectivity index (χ4n) is 1.63. The topological polar surface area (TPSA) is 17.1 Å². The summed E-state index contributed by atoms with van der Waals surface area (Å²) in [6.45, 7) is 0. The van der Waals surface area contributed by atoms with E-state index in [1.54, 1.807) is 36.4 Å². The molecule has 0 amide bonds. The Bertz CT molecular complexity index is 596. The number of halogens is 3. The maximum Gasteiger partial charge on any atom is 0.168 e. The Hall–Kier alpha value is -1.38. The summed E-state index contributed by atoms with van der Waals surface area (Å²) >= 11 is 11.8. The number of Topliss-reactive ketones (excluding diaryl/α,β-unsaturated/α-hetero) is 1. The van der Waals surface area contributed by atoms with Crippen LogP contribution in [0.3, 0.4) is 0 Å². The SMILES string of the molecule is O=C(Cc1ccccc1F)c1cccc(Cl)c1Cl. The molecule has 18 heavy (non-hydrogen) atoms. The lowest BCUT2D eigenvalue weighted by Gasteiger charge is -2.05. The van der Waals surface area contributed by atoms with Crippen molar-refractivity contribution in [2.75, 3.05) is 0 Å². The van der Waals surface area contributed by atoms with Crippen LogP contribution in [0, 0.1) is 5.82 Å². The van der Waals surface area contributed by atoms with E-state index in [-0.39, 0.29) is 17.2 Å². The Morgan fingerprint density at radius 1 is 1.06 bits per heavy atom. The van der Waals surface area contributed by atoms with Crippen molar-refractivity contribution in [3.8, 4) is 0 Å². The van der Waals surface area contributed by atoms with E-state index in [1.165, 1.54) is 6.07 Å². The van der Waals surface area contributed by atoms with Crippen LogP contribution in [0.25, 0.3) is 0 Å². The molecule has 0 unspecified atom stereocenters. The Balaban J connectivity index is 2.28. The van der Waals surface area contributed by atoms with Crippen molar-refractivity contribution in [3.05, 3.63) is 69.5 Å². The van der Waals surface area contributed by atoms with E-state index in [2.05, 4.69) is 0 Å². The number of benzene rings is 2. The van der Waals surface area contributed by atoms with E-state index in [1.807, 2.05) is 0 Å². The third-order valence-corrected chi connectivity index (χ3v) is 3.38. The Labute approximate surface area is 114 Å². The van der Waals surface area contributed by atoms with Crippen LogP contribution in [0.4, 0.5) is 4.39 Å². The monoisotopic (exact) mass is 282 g/mol. The van der Waals surface area contributed by atoms with Crippen molar-refractivity contribution in [2.24, 2.45) is 0 Å². The molecule has 0 N–H and O–H groups in total. The van der Waals surface area contributed by atoms with Crippen molar-refractivity contribution >= 4 is 29.0 Å². The molecule has 0 saturated carbocycles. The van der Waals surface area contributed by atoms with Gasteiger partial charge in [0, 0.05) is 12.0 Å². The molecule has 0 bridgehead atoms. The van der Waals surface area contributed by atoms with E-state index in [4.69, 9.17) is 23.2 Å². The number of carbonyl (C=O) groups is 1. The van der Waals surface area contributed by atoms with E-state index in [0.717, 1.165) is 0 Å². The fourth-order valence-corrected chi connectivity index (χ4v) is 2.04. The third kappa shape index (κ3) is 2.71. The highest BCUT2D eigenvalue weighted by atomic mass is 35.5. The van der Waals surface area contributed by atoms with Gasteiger partial charge in [-0.15, -0.1) is 0 Å². The fraction of sp³-hybridized carbons (Fsp3) is 0.0714. The molecule has 0 fully saturated rings. The van der Waals surface area contributed by atoms with Crippen molar-refractivity contribution in [2.45, 2.75) is 6.42 Å². The summed E-state index contributed by atoms with van der Waals surface area (Å²) in [5, 5.41) is 0.525. The number of hydrogen-bond donors (Lipinski definition) is 0. The molecule has 0 radical (unpaired) electrons. The van der Waals surface area contributed by atoms with Gasteiger partial charge in [-0.2, -0.15) is 0 Å². The lowest BCUT2D eigenvalue weighted by molar-refractivity contribution is 0.0992. The summed E-state index contributed by atoms with van der Waals surface area (Å²) < 4.78 is 13.4. The van der Waals surface area contributed by atoms with Crippen LogP contribution in [-0.2, 0) is 6.42 Å². The Morgan fingerprint density at radius 3 is 2.50 bits per heavy atom. The Morgan fingerprint density at radius 2 is 1.78 bits per heavy atom. The minimum Gasteiger partial charge on any atom is -0.294 e. The van der Waals surface area contributed by atoms with Gasteiger partial charge in [0.15, 0.2) is 5.78 Å². The largest absolute Gasteiger partial charge is 0.294 e. The molecule has 0 spiro atoms. The van der Waals surface area contributed by atoms with Crippen LogP contribution in [0.1, 0.15) is 15.9 Å². The van der Waals surface area contributed by atoms with E-state index in [9.17, 15) is 9.18 Å². The van der Waals surface area contributed by atoms with Gasteiger partial charge in [0.1, 0.15) is 5.82 Å². The molecule has 0 aliphatic carbocycles. The highest BCUT2D eigenvalue weighted by Gasteiger charge is 2.14. The molecule has 1 nitrogen and oxygen atoms in total. The second kappa shape index (κ2) is 5.51. The molecule has 2 aromatic carbocycles. The van der Waals surface area contributed by atoms with Crippen LogP contribution >= 0.6 is 23.2 Å². The Kier molecular flexibility index (Phi) is 4.00. The number of ketones is 1. The molecular formula is C14H9Cl2FO. The predicted octanol–water partition coefficient (Wildman–Crippen LogP) is 4.56. The van der Waals surface area contributed by atoms with Gasteiger partial charge >= 0.3 is 0 Å². The van der Waals surface area contributed by atoms with Crippen LogP contribution in [0.15, 0.2) is 42.5 Å². The smallest absolute Gasteiger partial charge is 0.168 e. The molecular weight excluding hydrogens is 274 g/mol. The summed E-state index contributed by atoms with van der Waals surface area (Å²) in [5.74, 6) is -0.656. The van der Waals surface area contributed by atoms with Crippen molar-refractivity contribution in [1.82, 2.24) is 0 Å². The molecule has 0 aliphatic rings. The number of carbonyl (C=O) groups excluding carboxylic acids is 1. The zero-order valence-corrected chi connectivity index (χ0v) is 10.8. The third-order valence-electron chi connectivity index (χ3n) is 2.56. The van der Waals surface area contributed by atoms with Crippen LogP contribution in [-0.4, -0.2) is 5.78 Å². The van der Waals surface area contributed by atoms with Gasteiger partial charge < -0.3 is 0 Å². The first-order chi connectivity index (χ1) is 8.59. The molecule has 0 aliphatic heterocycles. The lowest BCUT2D eigenvalue weighted by atomic mass is 10.0. The summed E-state index contributed by atoms with van der Waals surface area (Å²) in [6.07, 6.45) is -0.0350. The average Bonchev–Trinajstić information content (AvgIpc) is 2.35. The maximum atomic E-state index is 13.4. The highest BCUT2D eigenvalue weighted by molar-refractivity contribution is 6.43. The van der Waals surface area contributed by atoms with Crippen molar-refractivity contribution in [3.63, 3.8) is 0 Å². The summed E-state index contributed by atoms with van der Waals surface area (Å²) in [6, 6.07) is 11.0. The van der Waals surface area contributed by atoms with E-state index < -0.39 is 5.82 Å². The van der Waals surface area contributed by atoms with Crippen LogP contribution in [0.5, 0.6) is 0 Å². The van der Waals surface area contributed by atoms with Gasteiger partial charge in [0.05, 0.1) is 10.0 Å². The van der Waals surface area contributed by atoms with Crippen LogP contribution < -0.4 is 0 Å². The maximum absolute atomic E-state index is 13.4. The van der Waals surface area contributed by atoms with Gasteiger partial charge in [0.2, 0.25) is 0 Å². The van der Waals surface area contributed by atoms with E-state index in [0.29, 0.717) is 16.1 Å². The summed E-state index contributed by atoms with van der Waals surface area (Å²) in [5.41, 5.74) is 0.658. The molecule has 0 aromatic heterocycles. The zero-order chi connectivity index (χ0) is 13.1. The quantitative estimate of drug-likeness (QED) is 0.755. The molecule has 4 heteroatoms. The lowest BCUT2D eigenvalue weighted by Crippen LogP contribution is -2.06.